The summed E-state index contributed by atoms with van der Waals surface area (Å²) in [5.41, 5.74) is 0. The van der Waals surface area contributed by atoms with Crippen molar-refractivity contribution in [2.45, 2.75) is 51.1 Å². The fourth-order valence-corrected chi connectivity index (χ4v) is 2.06. The van der Waals surface area contributed by atoms with Crippen molar-refractivity contribution in [3.05, 3.63) is 0 Å². The topological polar surface area (TPSA) is 50.4 Å². The summed E-state index contributed by atoms with van der Waals surface area (Å²) in [6.07, 6.45) is 1.07. The van der Waals surface area contributed by atoms with Gasteiger partial charge in [-0.2, -0.15) is 0 Å². The molecule has 1 aliphatic heterocycles. The Kier molecular flexibility index (Phi) is 7.12. The fraction of sp³-hybridized carbons (Fsp3) is 0.917. The number of piperidine rings is 1. The van der Waals surface area contributed by atoms with Crippen LogP contribution in [0.25, 0.3) is 0 Å². The van der Waals surface area contributed by atoms with Crippen LogP contribution in [0, 0.1) is 0 Å². The zero-order valence-electron chi connectivity index (χ0n) is 10.8. The van der Waals surface area contributed by atoms with Crippen molar-refractivity contribution in [1.82, 2.24) is 10.6 Å². The molecule has 18 heavy (non-hydrogen) atoms. The van der Waals surface area contributed by atoms with Crippen molar-refractivity contribution < 1.29 is 18.3 Å². The highest BCUT2D eigenvalue weighted by molar-refractivity contribution is 5.75. The van der Waals surface area contributed by atoms with Gasteiger partial charge in [-0.1, -0.05) is 6.42 Å². The second-order valence-electron chi connectivity index (χ2n) is 4.72. The third-order valence-electron chi connectivity index (χ3n) is 2.97. The number of halogens is 2. The Morgan fingerprint density at radius 1 is 1.50 bits per heavy atom. The number of hydrogen-bond acceptors (Lipinski definition) is 3. The molecule has 1 fully saturated rings. The molecule has 1 heterocycles. The van der Waals surface area contributed by atoms with Crippen LogP contribution in [0.15, 0.2) is 0 Å². The molecule has 0 saturated carbocycles. The first-order valence-electron chi connectivity index (χ1n) is 6.46. The smallest absolute Gasteiger partial charge is 0.261 e. The lowest BCUT2D eigenvalue weighted by atomic mass is 10.00. The molecule has 1 aliphatic rings. The summed E-state index contributed by atoms with van der Waals surface area (Å²) in [5.74, 6) is -0.149. The summed E-state index contributed by atoms with van der Waals surface area (Å²) in [4.78, 5) is 11.4. The van der Waals surface area contributed by atoms with Gasteiger partial charge in [0.25, 0.3) is 6.43 Å². The van der Waals surface area contributed by atoms with Crippen molar-refractivity contribution in [2.75, 3.05) is 19.8 Å². The van der Waals surface area contributed by atoms with Gasteiger partial charge in [-0.3, -0.25) is 4.79 Å². The van der Waals surface area contributed by atoms with Gasteiger partial charge in [0.05, 0.1) is 6.61 Å². The number of hydrogen-bond donors (Lipinski definition) is 2. The molecule has 0 spiro atoms. The third-order valence-corrected chi connectivity index (χ3v) is 2.97. The first-order chi connectivity index (χ1) is 8.58. The first-order valence-corrected chi connectivity index (χ1v) is 6.46. The number of amides is 1. The lowest BCUT2D eigenvalue weighted by Crippen LogP contribution is -2.47. The Morgan fingerprint density at radius 2 is 2.28 bits per heavy atom. The SMILES string of the molecule is CC1CCCC(CNC(=O)CCOCC(F)F)N1. The van der Waals surface area contributed by atoms with Crippen LogP contribution in [0.2, 0.25) is 0 Å². The summed E-state index contributed by atoms with van der Waals surface area (Å²) in [5, 5.41) is 6.20. The summed E-state index contributed by atoms with van der Waals surface area (Å²) >= 11 is 0. The van der Waals surface area contributed by atoms with Gasteiger partial charge in [0, 0.05) is 25.0 Å². The van der Waals surface area contributed by atoms with Gasteiger partial charge in [-0.25, -0.2) is 8.78 Å². The number of nitrogens with one attached hydrogen (secondary N) is 2. The molecule has 1 saturated heterocycles. The molecule has 4 nitrogen and oxygen atoms in total. The molecule has 0 aliphatic carbocycles. The molecular formula is C12H22F2N2O2. The highest BCUT2D eigenvalue weighted by Crippen LogP contribution is 2.11. The van der Waals surface area contributed by atoms with E-state index in [1.165, 1.54) is 12.8 Å². The number of ether oxygens (including phenoxy) is 1. The molecule has 1 amide bonds. The van der Waals surface area contributed by atoms with Crippen LogP contribution < -0.4 is 10.6 Å². The minimum Gasteiger partial charge on any atom is -0.375 e. The monoisotopic (exact) mass is 264 g/mol. The third kappa shape index (κ3) is 6.86. The second kappa shape index (κ2) is 8.37. The Morgan fingerprint density at radius 3 is 2.94 bits per heavy atom. The predicted octanol–water partition coefficient (Wildman–Crippen LogP) is 1.30. The average Bonchev–Trinajstić information content (AvgIpc) is 2.32. The van der Waals surface area contributed by atoms with E-state index in [9.17, 15) is 13.6 Å². The zero-order chi connectivity index (χ0) is 13.4. The number of rotatable bonds is 7. The minimum absolute atomic E-state index is 0.0463. The van der Waals surface area contributed by atoms with Crippen molar-refractivity contribution in [2.24, 2.45) is 0 Å². The molecule has 0 aromatic carbocycles. The Hall–Kier alpha value is -0.750. The lowest BCUT2D eigenvalue weighted by molar-refractivity contribution is -0.122. The molecule has 0 aromatic rings. The van der Waals surface area contributed by atoms with E-state index in [4.69, 9.17) is 0 Å². The van der Waals surface area contributed by atoms with Crippen molar-refractivity contribution in [3.8, 4) is 0 Å². The predicted molar refractivity (Wildman–Crippen MR) is 64.7 cm³/mol. The molecule has 0 aromatic heterocycles. The van der Waals surface area contributed by atoms with Crippen LogP contribution in [0.4, 0.5) is 8.78 Å². The highest BCUT2D eigenvalue weighted by atomic mass is 19.3. The first kappa shape index (κ1) is 15.3. The quantitative estimate of drug-likeness (QED) is 0.682. The van der Waals surface area contributed by atoms with Crippen molar-refractivity contribution >= 4 is 5.91 Å². The minimum atomic E-state index is -2.47. The number of carbonyl (C=O) groups excluding carboxylic acids is 1. The van der Waals surface area contributed by atoms with Crippen molar-refractivity contribution in [3.63, 3.8) is 0 Å². The van der Waals surface area contributed by atoms with E-state index >= 15 is 0 Å². The van der Waals surface area contributed by atoms with E-state index < -0.39 is 13.0 Å². The maximum absolute atomic E-state index is 11.8. The largest absolute Gasteiger partial charge is 0.375 e. The molecule has 0 radical (unpaired) electrons. The second-order valence-corrected chi connectivity index (χ2v) is 4.72. The van der Waals surface area contributed by atoms with E-state index in [1.807, 2.05) is 0 Å². The van der Waals surface area contributed by atoms with Gasteiger partial charge >= 0.3 is 0 Å². The average molecular weight is 264 g/mol. The molecule has 1 rings (SSSR count). The number of alkyl halides is 2. The summed E-state index contributed by atoms with van der Waals surface area (Å²) in [6.45, 7) is 2.17. The fourth-order valence-electron chi connectivity index (χ4n) is 2.06. The van der Waals surface area contributed by atoms with Gasteiger partial charge in [-0.15, -0.1) is 0 Å². The molecule has 2 unspecified atom stereocenters. The Balaban J connectivity index is 2.02. The van der Waals surface area contributed by atoms with Gasteiger partial charge in [-0.05, 0) is 19.8 Å². The number of carbonyl (C=O) groups is 1. The summed E-state index contributed by atoms with van der Waals surface area (Å²) in [7, 11) is 0. The van der Waals surface area contributed by atoms with E-state index in [2.05, 4.69) is 22.3 Å². The molecule has 6 heteroatoms. The summed E-state index contributed by atoms with van der Waals surface area (Å²) in [6, 6.07) is 0.815. The normalized spacial score (nSPS) is 24.2. The van der Waals surface area contributed by atoms with Gasteiger partial charge in [0.1, 0.15) is 6.61 Å². The van der Waals surface area contributed by atoms with Crippen molar-refractivity contribution in [1.29, 1.82) is 0 Å². The van der Waals surface area contributed by atoms with Crippen LogP contribution in [-0.2, 0) is 9.53 Å². The van der Waals surface area contributed by atoms with Gasteiger partial charge in [0.15, 0.2) is 0 Å². The van der Waals surface area contributed by atoms with Crippen LogP contribution in [0.5, 0.6) is 0 Å². The molecule has 2 N–H and O–H groups in total. The standard InChI is InChI=1S/C12H22F2N2O2/c1-9-3-2-4-10(16-9)7-15-12(17)5-6-18-8-11(13)14/h9-11,16H,2-8H2,1H3,(H,15,17). The van der Waals surface area contributed by atoms with Crippen LogP contribution >= 0.6 is 0 Å². The maximum atomic E-state index is 11.8. The summed E-state index contributed by atoms with van der Waals surface area (Å²) < 4.78 is 28.2. The lowest BCUT2D eigenvalue weighted by Gasteiger charge is -2.28. The van der Waals surface area contributed by atoms with Crippen LogP contribution in [0.1, 0.15) is 32.6 Å². The maximum Gasteiger partial charge on any atom is 0.261 e. The highest BCUT2D eigenvalue weighted by Gasteiger charge is 2.17. The van der Waals surface area contributed by atoms with Gasteiger partial charge < -0.3 is 15.4 Å². The Bertz CT molecular complexity index is 252. The van der Waals surface area contributed by atoms with E-state index in [-0.39, 0.29) is 18.9 Å². The van der Waals surface area contributed by atoms with Crippen LogP contribution in [0.3, 0.4) is 0 Å². The van der Waals surface area contributed by atoms with E-state index in [0.29, 0.717) is 18.6 Å². The molecule has 106 valence electrons. The van der Waals surface area contributed by atoms with Gasteiger partial charge in [0.2, 0.25) is 5.91 Å². The molecule has 2 atom stereocenters. The zero-order valence-corrected chi connectivity index (χ0v) is 10.8. The van der Waals surface area contributed by atoms with E-state index in [1.54, 1.807) is 0 Å². The Labute approximate surface area is 106 Å². The molecule has 0 bridgehead atoms. The van der Waals surface area contributed by atoms with E-state index in [0.717, 1.165) is 6.42 Å². The molecular weight excluding hydrogens is 242 g/mol. The van der Waals surface area contributed by atoms with Crippen LogP contribution in [-0.4, -0.2) is 44.2 Å².